The van der Waals surface area contributed by atoms with E-state index in [1.807, 2.05) is 48.7 Å². The third kappa shape index (κ3) is 4.80. The number of H-pyrrole nitrogens is 1. The molecule has 0 aliphatic heterocycles. The van der Waals surface area contributed by atoms with Crippen molar-refractivity contribution in [1.82, 2.24) is 10.3 Å². The smallest absolute Gasteiger partial charge is 0.326 e. The summed E-state index contributed by atoms with van der Waals surface area (Å²) in [6, 6.07) is 15.9. The van der Waals surface area contributed by atoms with E-state index in [4.69, 9.17) is 12.2 Å². The lowest BCUT2D eigenvalue weighted by Gasteiger charge is -2.16. The van der Waals surface area contributed by atoms with Crippen LogP contribution in [0, 0.1) is 0 Å². The van der Waals surface area contributed by atoms with Crippen LogP contribution in [0.4, 0.5) is 0 Å². The second kappa shape index (κ2) is 8.60. The summed E-state index contributed by atoms with van der Waals surface area (Å²) in [4.78, 5) is 27.3. The van der Waals surface area contributed by atoms with Crippen LogP contribution in [0.2, 0.25) is 0 Å². The SMILES string of the molecule is O=C(CCC(=S)N[C@@H](Cc1c[nH]c2ccccc12)C(=O)O)c1ccccc1. The number of benzene rings is 2. The molecule has 1 aromatic heterocycles. The minimum absolute atomic E-state index is 0.0109. The third-order valence-corrected chi connectivity index (χ3v) is 4.73. The number of carboxylic acids is 1. The Balaban J connectivity index is 1.60. The number of aromatic amines is 1. The highest BCUT2D eigenvalue weighted by Gasteiger charge is 2.21. The van der Waals surface area contributed by atoms with Crippen LogP contribution in [-0.4, -0.2) is 32.9 Å². The van der Waals surface area contributed by atoms with Crippen molar-refractivity contribution in [3.05, 3.63) is 71.9 Å². The fourth-order valence-corrected chi connectivity index (χ4v) is 3.23. The minimum Gasteiger partial charge on any atom is -0.480 e. The van der Waals surface area contributed by atoms with Crippen molar-refractivity contribution >= 4 is 39.9 Å². The van der Waals surface area contributed by atoms with Crippen LogP contribution in [0.25, 0.3) is 10.9 Å². The number of ketones is 1. The van der Waals surface area contributed by atoms with Gasteiger partial charge in [0.1, 0.15) is 6.04 Å². The number of carbonyl (C=O) groups excluding carboxylic acids is 1. The van der Waals surface area contributed by atoms with Crippen LogP contribution in [0.1, 0.15) is 28.8 Å². The maximum atomic E-state index is 12.2. The molecule has 0 bridgehead atoms. The van der Waals surface area contributed by atoms with Crippen LogP contribution in [-0.2, 0) is 11.2 Å². The molecule has 0 radical (unpaired) electrons. The number of thiocarbonyl (C=S) groups is 1. The van der Waals surface area contributed by atoms with E-state index < -0.39 is 12.0 Å². The van der Waals surface area contributed by atoms with E-state index in [0.29, 0.717) is 23.4 Å². The summed E-state index contributed by atoms with van der Waals surface area (Å²) in [5.41, 5.74) is 2.51. The minimum atomic E-state index is -0.975. The lowest BCUT2D eigenvalue weighted by molar-refractivity contribution is -0.139. The quantitative estimate of drug-likeness (QED) is 0.410. The van der Waals surface area contributed by atoms with E-state index in [2.05, 4.69) is 10.3 Å². The second-order valence-electron chi connectivity index (χ2n) is 6.31. The zero-order valence-corrected chi connectivity index (χ0v) is 15.5. The van der Waals surface area contributed by atoms with Crippen LogP contribution in [0.15, 0.2) is 60.8 Å². The Kier molecular flexibility index (Phi) is 5.98. The first-order valence-corrected chi connectivity index (χ1v) is 9.11. The fraction of sp³-hybridized carbons (Fsp3) is 0.190. The Hall–Kier alpha value is -2.99. The van der Waals surface area contributed by atoms with Crippen molar-refractivity contribution < 1.29 is 14.7 Å². The molecule has 0 saturated heterocycles. The van der Waals surface area contributed by atoms with E-state index in [0.717, 1.165) is 16.5 Å². The lowest BCUT2D eigenvalue weighted by Crippen LogP contribution is -2.41. The van der Waals surface area contributed by atoms with Crippen molar-refractivity contribution in [3.8, 4) is 0 Å². The summed E-state index contributed by atoms with van der Waals surface area (Å²) in [6.07, 6.45) is 2.69. The summed E-state index contributed by atoms with van der Waals surface area (Å²) in [5.74, 6) is -0.986. The number of aromatic nitrogens is 1. The van der Waals surface area contributed by atoms with Gasteiger partial charge in [0.25, 0.3) is 0 Å². The van der Waals surface area contributed by atoms with Crippen molar-refractivity contribution in [1.29, 1.82) is 0 Å². The summed E-state index contributed by atoms with van der Waals surface area (Å²) < 4.78 is 0. The van der Waals surface area contributed by atoms with Crippen molar-refractivity contribution in [3.63, 3.8) is 0 Å². The number of hydrogen-bond acceptors (Lipinski definition) is 3. The van der Waals surface area contributed by atoms with Gasteiger partial charge in [-0.25, -0.2) is 4.79 Å². The molecule has 5 nitrogen and oxygen atoms in total. The Labute approximate surface area is 162 Å². The number of carbonyl (C=O) groups is 2. The number of aliphatic carboxylic acids is 1. The molecule has 0 amide bonds. The third-order valence-electron chi connectivity index (χ3n) is 4.41. The van der Waals surface area contributed by atoms with Gasteiger partial charge in [-0.2, -0.15) is 0 Å². The Morgan fingerprint density at radius 2 is 1.74 bits per heavy atom. The second-order valence-corrected chi connectivity index (χ2v) is 6.80. The number of rotatable bonds is 8. The molecule has 138 valence electrons. The number of carboxylic acid groups (broad SMARTS) is 1. The Morgan fingerprint density at radius 3 is 2.48 bits per heavy atom. The van der Waals surface area contributed by atoms with E-state index in [1.54, 1.807) is 12.1 Å². The molecule has 1 heterocycles. The molecule has 0 fully saturated rings. The predicted molar refractivity (Wildman–Crippen MR) is 109 cm³/mol. The summed E-state index contributed by atoms with van der Waals surface area (Å²) in [7, 11) is 0. The summed E-state index contributed by atoms with van der Waals surface area (Å²) >= 11 is 5.27. The molecule has 3 rings (SSSR count). The number of hydrogen-bond donors (Lipinski definition) is 3. The zero-order valence-electron chi connectivity index (χ0n) is 14.6. The highest BCUT2D eigenvalue weighted by molar-refractivity contribution is 7.80. The molecule has 6 heteroatoms. The first kappa shape index (κ1) is 18.8. The molecular formula is C21H20N2O3S. The van der Waals surface area contributed by atoms with Crippen LogP contribution in [0.5, 0.6) is 0 Å². The van der Waals surface area contributed by atoms with E-state index >= 15 is 0 Å². The Bertz CT molecular complexity index is 966. The molecule has 27 heavy (non-hydrogen) atoms. The molecule has 1 atom stereocenters. The lowest BCUT2D eigenvalue weighted by atomic mass is 10.0. The standard InChI is InChI=1S/C21H20N2O3S/c24-19(14-6-2-1-3-7-14)10-11-20(27)23-18(21(25)26)12-15-13-22-17-9-5-4-8-16(15)17/h1-9,13,18,22H,10-12H2,(H,23,27)(H,25,26)/t18-/m0/s1. The molecule has 3 aromatic rings. The van der Waals surface area contributed by atoms with Gasteiger partial charge >= 0.3 is 5.97 Å². The Morgan fingerprint density at radius 1 is 1.04 bits per heavy atom. The van der Waals surface area contributed by atoms with Crippen LogP contribution in [0.3, 0.4) is 0 Å². The van der Waals surface area contributed by atoms with Gasteiger partial charge in [-0.05, 0) is 11.6 Å². The number of Topliss-reactive ketones (excluding diaryl/α,β-unsaturated/α-hetero) is 1. The van der Waals surface area contributed by atoms with Crippen molar-refractivity contribution in [2.45, 2.75) is 25.3 Å². The molecular weight excluding hydrogens is 360 g/mol. The van der Waals surface area contributed by atoms with Gasteiger partial charge in [0, 0.05) is 41.9 Å². The van der Waals surface area contributed by atoms with Gasteiger partial charge in [0.05, 0.1) is 4.99 Å². The first-order chi connectivity index (χ1) is 13.0. The molecule has 2 aromatic carbocycles. The van der Waals surface area contributed by atoms with Crippen LogP contribution >= 0.6 is 12.2 Å². The number of fused-ring (bicyclic) bond motifs is 1. The van der Waals surface area contributed by atoms with Gasteiger partial charge in [-0.1, -0.05) is 60.7 Å². The van der Waals surface area contributed by atoms with Crippen molar-refractivity contribution in [2.75, 3.05) is 0 Å². The highest BCUT2D eigenvalue weighted by atomic mass is 32.1. The highest BCUT2D eigenvalue weighted by Crippen LogP contribution is 2.19. The van der Waals surface area contributed by atoms with Gasteiger partial charge in [-0.15, -0.1) is 0 Å². The van der Waals surface area contributed by atoms with Crippen LogP contribution < -0.4 is 5.32 Å². The molecule has 0 aliphatic rings. The largest absolute Gasteiger partial charge is 0.480 e. The normalized spacial score (nSPS) is 11.9. The fourth-order valence-electron chi connectivity index (χ4n) is 2.98. The van der Waals surface area contributed by atoms with Gasteiger partial charge < -0.3 is 15.4 Å². The maximum absolute atomic E-state index is 12.2. The molecule has 0 aliphatic carbocycles. The average Bonchev–Trinajstić information content (AvgIpc) is 3.09. The molecule has 3 N–H and O–H groups in total. The van der Waals surface area contributed by atoms with Gasteiger partial charge in [-0.3, -0.25) is 4.79 Å². The number of para-hydroxylation sites is 1. The monoisotopic (exact) mass is 380 g/mol. The zero-order chi connectivity index (χ0) is 19.2. The summed E-state index contributed by atoms with van der Waals surface area (Å²) in [5, 5.41) is 13.4. The van der Waals surface area contributed by atoms with E-state index in [9.17, 15) is 14.7 Å². The van der Waals surface area contributed by atoms with Gasteiger partial charge in [0.2, 0.25) is 0 Å². The van der Waals surface area contributed by atoms with Gasteiger partial charge in [0.15, 0.2) is 5.78 Å². The summed E-state index contributed by atoms with van der Waals surface area (Å²) in [6.45, 7) is 0. The molecule has 0 spiro atoms. The topological polar surface area (TPSA) is 82.2 Å². The molecule has 0 saturated carbocycles. The maximum Gasteiger partial charge on any atom is 0.326 e. The van der Waals surface area contributed by atoms with E-state index in [1.165, 1.54) is 0 Å². The number of nitrogens with one attached hydrogen (secondary N) is 2. The predicted octanol–water partition coefficient (Wildman–Crippen LogP) is 3.74. The van der Waals surface area contributed by atoms with E-state index in [-0.39, 0.29) is 12.2 Å². The van der Waals surface area contributed by atoms with Crippen molar-refractivity contribution in [2.24, 2.45) is 0 Å². The first-order valence-electron chi connectivity index (χ1n) is 8.70. The molecule has 0 unspecified atom stereocenters. The average molecular weight is 380 g/mol.